The number of nitrogen functional groups attached to an aromatic ring is 1. The third-order valence-corrected chi connectivity index (χ3v) is 1.89. The Labute approximate surface area is 91.4 Å². The zero-order valence-corrected chi connectivity index (χ0v) is 8.67. The fourth-order valence-electron chi connectivity index (χ4n) is 1.17. The van der Waals surface area contributed by atoms with Gasteiger partial charge in [0.1, 0.15) is 5.75 Å². The number of hydrogen-bond acceptors (Lipinski definition) is 3. The molecule has 0 heterocycles. The molecule has 0 bridgehead atoms. The maximum atomic E-state index is 11.9. The molecule has 4 nitrogen and oxygen atoms in total. The van der Waals surface area contributed by atoms with Gasteiger partial charge in [-0.15, -0.1) is 0 Å². The summed E-state index contributed by atoms with van der Waals surface area (Å²) >= 11 is 0. The molecule has 1 amide bonds. The maximum Gasteiger partial charge on any atom is 0.255 e. The number of nitrogens with two attached hydrogens (primary N) is 1. The largest absolute Gasteiger partial charge is 0.496 e. The van der Waals surface area contributed by atoms with Gasteiger partial charge in [0.05, 0.1) is 19.2 Å². The number of amides is 1. The second-order valence-corrected chi connectivity index (χ2v) is 3.06. The number of benzene rings is 1. The lowest BCUT2D eigenvalue weighted by Crippen LogP contribution is -2.28. The van der Waals surface area contributed by atoms with Gasteiger partial charge in [-0.25, -0.2) is 8.78 Å². The third-order valence-electron chi connectivity index (χ3n) is 1.89. The molecule has 0 unspecified atom stereocenters. The van der Waals surface area contributed by atoms with Gasteiger partial charge in [0.15, 0.2) is 0 Å². The van der Waals surface area contributed by atoms with Crippen molar-refractivity contribution in [1.29, 1.82) is 0 Å². The third kappa shape index (κ3) is 3.08. The Morgan fingerprint density at radius 2 is 2.25 bits per heavy atom. The molecule has 0 spiro atoms. The van der Waals surface area contributed by atoms with Gasteiger partial charge in [0.25, 0.3) is 12.3 Å². The lowest BCUT2D eigenvalue weighted by atomic mass is 10.1. The molecule has 0 radical (unpaired) electrons. The first-order valence-electron chi connectivity index (χ1n) is 4.54. The Hall–Kier alpha value is -1.85. The quantitative estimate of drug-likeness (QED) is 0.765. The van der Waals surface area contributed by atoms with Crippen molar-refractivity contribution in [3.8, 4) is 5.75 Å². The molecule has 88 valence electrons. The lowest BCUT2D eigenvalue weighted by molar-refractivity contribution is 0.0889. The molecule has 0 aliphatic carbocycles. The van der Waals surface area contributed by atoms with Gasteiger partial charge in [0, 0.05) is 5.69 Å². The van der Waals surface area contributed by atoms with Crippen LogP contribution in [-0.4, -0.2) is 26.0 Å². The first-order chi connectivity index (χ1) is 7.54. The predicted octanol–water partition coefficient (Wildman–Crippen LogP) is 1.27. The number of alkyl halides is 2. The summed E-state index contributed by atoms with van der Waals surface area (Å²) in [6.07, 6.45) is -2.59. The number of methoxy groups -OCH3 is 1. The number of halogens is 2. The minimum Gasteiger partial charge on any atom is -0.496 e. The molecular weight excluding hydrogens is 218 g/mol. The molecule has 0 aliphatic heterocycles. The highest BCUT2D eigenvalue weighted by molar-refractivity contribution is 5.97. The van der Waals surface area contributed by atoms with E-state index in [4.69, 9.17) is 10.5 Å². The number of hydrogen-bond donors (Lipinski definition) is 2. The molecule has 0 atom stereocenters. The first-order valence-corrected chi connectivity index (χ1v) is 4.54. The van der Waals surface area contributed by atoms with Crippen molar-refractivity contribution in [2.75, 3.05) is 19.4 Å². The Morgan fingerprint density at radius 1 is 1.56 bits per heavy atom. The number of anilines is 1. The Kier molecular flexibility index (Phi) is 4.04. The van der Waals surface area contributed by atoms with Gasteiger partial charge in [-0.1, -0.05) is 0 Å². The van der Waals surface area contributed by atoms with Crippen molar-refractivity contribution in [1.82, 2.24) is 5.32 Å². The first kappa shape index (κ1) is 12.2. The molecule has 1 aromatic rings. The van der Waals surface area contributed by atoms with Gasteiger partial charge >= 0.3 is 0 Å². The summed E-state index contributed by atoms with van der Waals surface area (Å²) in [6, 6.07) is 4.44. The van der Waals surface area contributed by atoms with Crippen molar-refractivity contribution in [2.45, 2.75) is 6.43 Å². The van der Waals surface area contributed by atoms with E-state index >= 15 is 0 Å². The standard InChI is InChI=1S/C10H12F2N2O2/c1-16-8-3-2-6(13)4-7(8)10(15)14-5-9(11)12/h2-4,9H,5,13H2,1H3,(H,14,15). The fraction of sp³-hybridized carbons (Fsp3) is 0.300. The van der Waals surface area contributed by atoms with E-state index in [2.05, 4.69) is 5.32 Å². The second-order valence-electron chi connectivity index (χ2n) is 3.06. The van der Waals surface area contributed by atoms with Gasteiger partial charge in [0.2, 0.25) is 0 Å². The van der Waals surface area contributed by atoms with Gasteiger partial charge in [-0.3, -0.25) is 4.79 Å². The van der Waals surface area contributed by atoms with E-state index in [1.165, 1.54) is 19.2 Å². The summed E-state index contributed by atoms with van der Waals surface area (Å²) in [5, 5.41) is 2.08. The monoisotopic (exact) mass is 230 g/mol. The number of nitrogens with one attached hydrogen (secondary N) is 1. The molecule has 3 N–H and O–H groups in total. The van der Waals surface area contributed by atoms with Crippen LogP contribution in [0.3, 0.4) is 0 Å². The van der Waals surface area contributed by atoms with Crippen molar-refractivity contribution in [3.63, 3.8) is 0 Å². The molecular formula is C10H12F2N2O2. The van der Waals surface area contributed by atoms with E-state index in [0.717, 1.165) is 0 Å². The Balaban J connectivity index is 2.84. The lowest BCUT2D eigenvalue weighted by Gasteiger charge is -2.09. The molecule has 16 heavy (non-hydrogen) atoms. The van der Waals surface area contributed by atoms with E-state index in [9.17, 15) is 13.6 Å². The number of ether oxygens (including phenoxy) is 1. The molecule has 1 rings (SSSR count). The number of carbonyl (C=O) groups is 1. The normalized spacial score (nSPS) is 10.2. The van der Waals surface area contributed by atoms with E-state index in [1.54, 1.807) is 6.07 Å². The maximum absolute atomic E-state index is 11.9. The van der Waals surface area contributed by atoms with Crippen LogP contribution in [0.5, 0.6) is 5.75 Å². The minimum absolute atomic E-state index is 0.142. The zero-order valence-electron chi connectivity index (χ0n) is 8.67. The summed E-state index contributed by atoms with van der Waals surface area (Å²) in [5.74, 6) is -0.342. The van der Waals surface area contributed by atoms with Crippen LogP contribution in [0.1, 0.15) is 10.4 Å². The molecule has 0 aliphatic rings. The van der Waals surface area contributed by atoms with Crippen LogP contribution in [0, 0.1) is 0 Å². The number of carbonyl (C=O) groups excluding carboxylic acids is 1. The van der Waals surface area contributed by atoms with E-state index < -0.39 is 18.9 Å². The summed E-state index contributed by atoms with van der Waals surface area (Å²) in [5.41, 5.74) is 6.00. The zero-order chi connectivity index (χ0) is 12.1. The molecule has 0 aromatic heterocycles. The van der Waals surface area contributed by atoms with Gasteiger partial charge in [-0.2, -0.15) is 0 Å². The van der Waals surface area contributed by atoms with Crippen molar-refractivity contribution < 1.29 is 18.3 Å². The van der Waals surface area contributed by atoms with E-state index in [-0.39, 0.29) is 5.56 Å². The summed E-state index contributed by atoms with van der Waals surface area (Å²) < 4.78 is 28.7. The van der Waals surface area contributed by atoms with Crippen LogP contribution in [0.25, 0.3) is 0 Å². The smallest absolute Gasteiger partial charge is 0.255 e. The summed E-state index contributed by atoms with van der Waals surface area (Å²) in [6.45, 7) is -0.698. The molecule has 0 saturated heterocycles. The summed E-state index contributed by atoms with van der Waals surface area (Å²) in [4.78, 5) is 11.5. The number of rotatable bonds is 4. The Morgan fingerprint density at radius 3 is 2.81 bits per heavy atom. The summed E-state index contributed by atoms with van der Waals surface area (Å²) in [7, 11) is 1.38. The van der Waals surface area contributed by atoms with Gasteiger partial charge < -0.3 is 15.8 Å². The molecule has 0 fully saturated rings. The van der Waals surface area contributed by atoms with Crippen LogP contribution in [0.15, 0.2) is 18.2 Å². The fourth-order valence-corrected chi connectivity index (χ4v) is 1.17. The van der Waals surface area contributed by atoms with Crippen LogP contribution >= 0.6 is 0 Å². The highest BCUT2D eigenvalue weighted by Crippen LogP contribution is 2.20. The minimum atomic E-state index is -2.59. The predicted molar refractivity (Wildman–Crippen MR) is 55.7 cm³/mol. The SMILES string of the molecule is COc1ccc(N)cc1C(=O)NCC(F)F. The molecule has 1 aromatic carbocycles. The average Bonchev–Trinajstić information content (AvgIpc) is 2.25. The van der Waals surface area contributed by atoms with Crippen LogP contribution in [0.4, 0.5) is 14.5 Å². The highest BCUT2D eigenvalue weighted by Gasteiger charge is 2.13. The van der Waals surface area contributed by atoms with E-state index in [0.29, 0.717) is 11.4 Å². The van der Waals surface area contributed by atoms with E-state index in [1.807, 2.05) is 0 Å². The molecule has 6 heteroatoms. The average molecular weight is 230 g/mol. The highest BCUT2D eigenvalue weighted by atomic mass is 19.3. The van der Waals surface area contributed by atoms with Crippen molar-refractivity contribution in [2.24, 2.45) is 0 Å². The Bertz CT molecular complexity index is 383. The van der Waals surface area contributed by atoms with Crippen LogP contribution in [0.2, 0.25) is 0 Å². The topological polar surface area (TPSA) is 64.3 Å². The second kappa shape index (κ2) is 5.29. The van der Waals surface area contributed by atoms with Crippen molar-refractivity contribution in [3.05, 3.63) is 23.8 Å². The van der Waals surface area contributed by atoms with Gasteiger partial charge in [-0.05, 0) is 18.2 Å². The molecule has 0 saturated carbocycles. The van der Waals surface area contributed by atoms with Crippen LogP contribution < -0.4 is 15.8 Å². The van der Waals surface area contributed by atoms with Crippen molar-refractivity contribution >= 4 is 11.6 Å². The van der Waals surface area contributed by atoms with Crippen LogP contribution in [-0.2, 0) is 0 Å².